The van der Waals surface area contributed by atoms with Gasteiger partial charge in [-0.1, -0.05) is 23.4 Å². The van der Waals surface area contributed by atoms with Gasteiger partial charge in [-0.15, -0.1) is 0 Å². The van der Waals surface area contributed by atoms with Crippen LogP contribution in [0.5, 0.6) is 0 Å². The van der Waals surface area contributed by atoms with Crippen molar-refractivity contribution < 1.29 is 31.2 Å². The maximum atomic E-state index is 12.6. The second-order valence-corrected chi connectivity index (χ2v) is 8.02. The summed E-state index contributed by atoms with van der Waals surface area (Å²) < 4.78 is 63.9. The number of carbonyl (C=O) groups excluding carboxylic acids is 1. The van der Waals surface area contributed by atoms with E-state index in [1.165, 1.54) is 37.5 Å². The van der Waals surface area contributed by atoms with Gasteiger partial charge in [-0.05, 0) is 49.4 Å². The summed E-state index contributed by atoms with van der Waals surface area (Å²) in [7, 11) is -3.78. The van der Waals surface area contributed by atoms with Gasteiger partial charge < -0.3 is 4.84 Å². The molecule has 0 saturated carbocycles. The smallest absolute Gasteiger partial charge is 0.313 e. The first kappa shape index (κ1) is 21.3. The van der Waals surface area contributed by atoms with Crippen molar-refractivity contribution in [2.45, 2.75) is 18.0 Å². The van der Waals surface area contributed by atoms with Gasteiger partial charge in [-0.3, -0.25) is 0 Å². The third kappa shape index (κ3) is 4.60. The van der Waals surface area contributed by atoms with Crippen LogP contribution in [-0.4, -0.2) is 24.1 Å². The predicted molar refractivity (Wildman–Crippen MR) is 103 cm³/mol. The van der Waals surface area contributed by atoms with E-state index < -0.39 is 27.7 Å². The van der Waals surface area contributed by atoms with Gasteiger partial charge in [0.05, 0.1) is 21.7 Å². The number of benzene rings is 2. The molecule has 1 aromatic heterocycles. The molecule has 0 amide bonds. The van der Waals surface area contributed by atoms with E-state index in [-0.39, 0.29) is 16.2 Å². The Kier molecular flexibility index (Phi) is 5.79. The Balaban J connectivity index is 1.73. The lowest BCUT2D eigenvalue weighted by Gasteiger charge is -2.06. The molecule has 0 aliphatic carbocycles. The lowest BCUT2D eigenvalue weighted by Crippen LogP contribution is -2.11. The summed E-state index contributed by atoms with van der Waals surface area (Å²) in [6, 6.07) is 12.8. The van der Waals surface area contributed by atoms with Gasteiger partial charge in [-0.25, -0.2) is 17.2 Å². The van der Waals surface area contributed by atoms with Crippen molar-refractivity contribution in [3.05, 3.63) is 89.7 Å². The van der Waals surface area contributed by atoms with Crippen LogP contribution >= 0.6 is 0 Å². The Hall–Kier alpha value is -3.40. The molecular formula is C20H15F3N2O4S. The monoisotopic (exact) mass is 436 g/mol. The van der Waals surface area contributed by atoms with E-state index in [0.717, 1.165) is 28.2 Å². The first-order valence-corrected chi connectivity index (χ1v) is 9.95. The molecule has 0 spiro atoms. The van der Waals surface area contributed by atoms with Gasteiger partial charge in [0.25, 0.3) is 10.0 Å². The maximum absolute atomic E-state index is 12.6. The number of hydrogen-bond donors (Lipinski definition) is 0. The number of rotatable bonds is 5. The summed E-state index contributed by atoms with van der Waals surface area (Å²) in [5.74, 6) is -0.945. The van der Waals surface area contributed by atoms with E-state index in [4.69, 9.17) is 4.84 Å². The Bertz CT molecular complexity index is 1180. The van der Waals surface area contributed by atoms with Gasteiger partial charge in [-0.2, -0.15) is 13.2 Å². The van der Waals surface area contributed by atoms with Crippen LogP contribution in [0.15, 0.2) is 83.1 Å². The second kappa shape index (κ2) is 8.15. The van der Waals surface area contributed by atoms with Crippen LogP contribution < -0.4 is 0 Å². The van der Waals surface area contributed by atoms with Crippen LogP contribution in [0, 0.1) is 0 Å². The zero-order valence-electron chi connectivity index (χ0n) is 15.5. The molecule has 2 aromatic carbocycles. The van der Waals surface area contributed by atoms with Crippen LogP contribution in [0.3, 0.4) is 0 Å². The topological polar surface area (TPSA) is 77.7 Å². The highest BCUT2D eigenvalue weighted by Gasteiger charge is 2.30. The lowest BCUT2D eigenvalue weighted by molar-refractivity contribution is -0.137. The molecule has 1 heterocycles. The Morgan fingerprint density at radius 3 is 2.20 bits per heavy atom. The van der Waals surface area contributed by atoms with Gasteiger partial charge in [0.2, 0.25) is 0 Å². The number of hydrogen-bond acceptors (Lipinski definition) is 5. The fraction of sp³-hybridized carbons (Fsp3) is 0.100. The Morgan fingerprint density at radius 2 is 1.60 bits per heavy atom. The Labute approximate surface area is 170 Å². The minimum absolute atomic E-state index is 0.107. The number of nitrogens with zero attached hydrogens (tertiary/aromatic N) is 2. The fourth-order valence-electron chi connectivity index (χ4n) is 2.47. The average Bonchev–Trinajstić information content (AvgIpc) is 3.23. The molecule has 30 heavy (non-hydrogen) atoms. The number of carbonyl (C=O) groups is 1. The van der Waals surface area contributed by atoms with Crippen molar-refractivity contribution in [1.29, 1.82) is 0 Å². The molecule has 0 bridgehead atoms. The number of aromatic nitrogens is 1. The molecule has 0 saturated heterocycles. The summed E-state index contributed by atoms with van der Waals surface area (Å²) in [6.07, 6.45) is -1.87. The zero-order chi connectivity index (χ0) is 21.9. The molecule has 0 unspecified atom stereocenters. The molecule has 0 atom stereocenters. The molecule has 0 radical (unpaired) electrons. The zero-order valence-corrected chi connectivity index (χ0v) is 16.3. The van der Waals surface area contributed by atoms with Crippen molar-refractivity contribution in [3.63, 3.8) is 0 Å². The standard InChI is InChI=1S/C20H15F3N2O4S/c1-14(24-29-19(26)15-7-9-17(10-8-15)20(21,22)23)16-11-12-25(13-16)30(27,28)18-5-3-2-4-6-18/h2-13H,1H3/b24-14-. The molecule has 0 fully saturated rings. The van der Waals surface area contributed by atoms with Gasteiger partial charge in [0.1, 0.15) is 0 Å². The van der Waals surface area contributed by atoms with Crippen molar-refractivity contribution in [3.8, 4) is 0 Å². The Morgan fingerprint density at radius 1 is 0.967 bits per heavy atom. The highest BCUT2D eigenvalue weighted by Crippen LogP contribution is 2.29. The van der Waals surface area contributed by atoms with Gasteiger partial charge >= 0.3 is 12.1 Å². The van der Waals surface area contributed by atoms with E-state index in [9.17, 15) is 26.4 Å². The first-order valence-electron chi connectivity index (χ1n) is 8.51. The van der Waals surface area contributed by atoms with Crippen molar-refractivity contribution in [2.75, 3.05) is 0 Å². The summed E-state index contributed by atoms with van der Waals surface area (Å²) in [4.78, 5) is 16.8. The van der Waals surface area contributed by atoms with E-state index in [2.05, 4.69) is 5.16 Å². The summed E-state index contributed by atoms with van der Waals surface area (Å²) >= 11 is 0. The second-order valence-electron chi connectivity index (χ2n) is 6.18. The molecule has 10 heteroatoms. The molecule has 156 valence electrons. The molecular weight excluding hydrogens is 421 g/mol. The van der Waals surface area contributed by atoms with Crippen LogP contribution in [0.2, 0.25) is 0 Å². The normalized spacial score (nSPS) is 12.6. The highest BCUT2D eigenvalue weighted by atomic mass is 32.2. The third-order valence-electron chi connectivity index (χ3n) is 4.12. The number of oxime groups is 1. The molecule has 3 rings (SSSR count). The van der Waals surface area contributed by atoms with E-state index >= 15 is 0 Å². The minimum atomic E-state index is -4.51. The third-order valence-corrected chi connectivity index (χ3v) is 5.77. The van der Waals surface area contributed by atoms with Crippen LogP contribution in [0.1, 0.15) is 28.4 Å². The minimum Gasteiger partial charge on any atom is -0.313 e. The van der Waals surface area contributed by atoms with Crippen molar-refractivity contribution in [1.82, 2.24) is 3.97 Å². The largest absolute Gasteiger partial charge is 0.416 e. The fourth-order valence-corrected chi connectivity index (χ4v) is 3.68. The molecule has 0 N–H and O–H groups in total. The van der Waals surface area contributed by atoms with Crippen molar-refractivity contribution in [2.24, 2.45) is 5.16 Å². The van der Waals surface area contributed by atoms with E-state index in [1.54, 1.807) is 18.2 Å². The molecule has 6 nitrogen and oxygen atoms in total. The SMILES string of the molecule is C/C(=N/OC(=O)c1ccc(C(F)(F)F)cc1)c1ccn(S(=O)(=O)c2ccccc2)c1. The van der Waals surface area contributed by atoms with Crippen molar-refractivity contribution >= 4 is 21.7 Å². The molecule has 0 aliphatic rings. The van der Waals surface area contributed by atoms with Gasteiger partial charge in [0.15, 0.2) is 0 Å². The molecule has 0 aliphatic heterocycles. The van der Waals surface area contributed by atoms with Crippen LogP contribution in [0.25, 0.3) is 0 Å². The predicted octanol–water partition coefficient (Wildman–Crippen LogP) is 4.32. The summed E-state index contributed by atoms with van der Waals surface area (Å²) in [5, 5.41) is 3.65. The summed E-state index contributed by atoms with van der Waals surface area (Å²) in [5.41, 5.74) is -0.407. The number of halogens is 3. The van der Waals surface area contributed by atoms with Gasteiger partial charge in [0, 0.05) is 18.0 Å². The van der Waals surface area contributed by atoms with E-state index in [0.29, 0.717) is 5.56 Å². The average molecular weight is 436 g/mol. The maximum Gasteiger partial charge on any atom is 0.416 e. The molecule has 3 aromatic rings. The van der Waals surface area contributed by atoms with Crippen LogP contribution in [-0.2, 0) is 21.0 Å². The summed E-state index contributed by atoms with van der Waals surface area (Å²) in [6.45, 7) is 1.49. The number of alkyl halides is 3. The highest BCUT2D eigenvalue weighted by molar-refractivity contribution is 7.90. The first-order chi connectivity index (χ1) is 14.1. The lowest BCUT2D eigenvalue weighted by atomic mass is 10.1. The quantitative estimate of drug-likeness (QED) is 0.339. The van der Waals surface area contributed by atoms with E-state index in [1.807, 2.05) is 0 Å². The van der Waals surface area contributed by atoms with Crippen LogP contribution in [0.4, 0.5) is 13.2 Å².